The van der Waals surface area contributed by atoms with Gasteiger partial charge in [-0.15, -0.1) is 0 Å². The van der Waals surface area contributed by atoms with Crippen LogP contribution in [0.1, 0.15) is 47.0 Å². The van der Waals surface area contributed by atoms with E-state index < -0.39 is 17.5 Å². The van der Waals surface area contributed by atoms with Gasteiger partial charge in [0.15, 0.2) is 0 Å². The first-order valence-electron chi connectivity index (χ1n) is 6.38. The predicted molar refractivity (Wildman–Crippen MR) is 60.5 cm³/mol. The summed E-state index contributed by atoms with van der Waals surface area (Å²) in [7, 11) is 0. The van der Waals surface area contributed by atoms with Crippen LogP contribution in [-0.2, 0) is 0 Å². The Labute approximate surface area is 105 Å². The normalized spacial score (nSPS) is 27.8. The van der Waals surface area contributed by atoms with Crippen molar-refractivity contribution in [2.75, 3.05) is 0 Å². The van der Waals surface area contributed by atoms with Gasteiger partial charge in [-0.3, -0.25) is 0 Å². The molecule has 0 aromatic rings. The van der Waals surface area contributed by atoms with Gasteiger partial charge in [0, 0.05) is 12.3 Å². The molecule has 0 heterocycles. The molecular weight excluding hydrogens is 251 g/mol. The summed E-state index contributed by atoms with van der Waals surface area (Å²) in [6.45, 7) is 6.96. The molecular formula is C13H21F5. The molecule has 0 N–H and O–H groups in total. The number of rotatable bonds is 2. The van der Waals surface area contributed by atoms with E-state index in [-0.39, 0.29) is 24.2 Å². The van der Waals surface area contributed by atoms with Crippen molar-refractivity contribution in [1.29, 1.82) is 0 Å². The molecule has 0 radical (unpaired) electrons. The summed E-state index contributed by atoms with van der Waals surface area (Å²) < 4.78 is 60.5. The largest absolute Gasteiger partial charge is 0.394 e. The van der Waals surface area contributed by atoms with E-state index in [0.29, 0.717) is 12.8 Å². The quantitative estimate of drug-likeness (QED) is 0.600. The van der Waals surface area contributed by atoms with Crippen molar-refractivity contribution in [1.82, 2.24) is 0 Å². The zero-order valence-electron chi connectivity index (χ0n) is 11.2. The van der Waals surface area contributed by atoms with Crippen LogP contribution in [0.2, 0.25) is 0 Å². The second-order valence-electron chi connectivity index (χ2n) is 6.12. The van der Waals surface area contributed by atoms with Gasteiger partial charge in [0.05, 0.1) is 5.41 Å². The van der Waals surface area contributed by atoms with Gasteiger partial charge in [-0.1, -0.05) is 27.7 Å². The van der Waals surface area contributed by atoms with Crippen LogP contribution in [0.15, 0.2) is 0 Å². The van der Waals surface area contributed by atoms with E-state index in [1.165, 1.54) is 0 Å². The number of hydrogen-bond donors (Lipinski definition) is 0. The third kappa shape index (κ3) is 3.15. The molecule has 0 aromatic carbocycles. The highest BCUT2D eigenvalue weighted by atomic mass is 19.4. The van der Waals surface area contributed by atoms with Crippen LogP contribution in [0.3, 0.4) is 0 Å². The average Bonchev–Trinajstić information content (AvgIpc) is 2.98. The zero-order chi connectivity index (χ0) is 14.4. The maximum absolute atomic E-state index is 12.1. The van der Waals surface area contributed by atoms with Crippen LogP contribution in [-0.4, -0.2) is 12.1 Å². The first-order valence-corrected chi connectivity index (χ1v) is 6.38. The van der Waals surface area contributed by atoms with E-state index in [9.17, 15) is 22.0 Å². The Morgan fingerprint density at radius 1 is 1.00 bits per heavy atom. The Bertz CT molecular complexity index is 286. The molecule has 2 saturated carbocycles. The van der Waals surface area contributed by atoms with Gasteiger partial charge in [0.2, 0.25) is 0 Å². The van der Waals surface area contributed by atoms with Crippen molar-refractivity contribution in [2.24, 2.45) is 23.2 Å². The number of halogens is 5. The second kappa shape index (κ2) is 4.64. The highest BCUT2D eigenvalue weighted by molar-refractivity contribution is 5.01. The first kappa shape index (κ1) is 15.7. The maximum Gasteiger partial charge on any atom is 0.394 e. The lowest BCUT2D eigenvalue weighted by Crippen LogP contribution is -2.29. The molecule has 1 atom stereocenters. The summed E-state index contributed by atoms with van der Waals surface area (Å²) in [6, 6.07) is 0. The maximum atomic E-state index is 12.1. The van der Waals surface area contributed by atoms with Crippen molar-refractivity contribution in [2.45, 2.75) is 59.1 Å². The zero-order valence-corrected chi connectivity index (χ0v) is 11.2. The van der Waals surface area contributed by atoms with Gasteiger partial charge in [-0.2, -0.15) is 13.2 Å². The van der Waals surface area contributed by atoms with E-state index >= 15 is 0 Å². The van der Waals surface area contributed by atoms with Crippen molar-refractivity contribution in [3.05, 3.63) is 0 Å². The molecule has 0 spiro atoms. The summed E-state index contributed by atoms with van der Waals surface area (Å²) in [6.07, 6.45) is -3.20. The molecule has 0 bridgehead atoms. The minimum absolute atomic E-state index is 0.116. The third-order valence-electron chi connectivity index (χ3n) is 4.14. The highest BCUT2D eigenvalue weighted by Gasteiger charge is 2.64. The van der Waals surface area contributed by atoms with Crippen LogP contribution in [0.5, 0.6) is 0 Å². The third-order valence-corrected chi connectivity index (χ3v) is 4.14. The van der Waals surface area contributed by atoms with Crippen LogP contribution in [0.4, 0.5) is 22.0 Å². The van der Waals surface area contributed by atoms with Gasteiger partial charge < -0.3 is 0 Å². The van der Waals surface area contributed by atoms with Crippen molar-refractivity contribution in [3.63, 3.8) is 0 Å². The molecule has 18 heavy (non-hydrogen) atoms. The smallest absolute Gasteiger partial charge is 0.207 e. The molecule has 2 fully saturated rings. The van der Waals surface area contributed by atoms with Gasteiger partial charge in [0.1, 0.15) is 0 Å². The summed E-state index contributed by atoms with van der Waals surface area (Å²) in [5.41, 5.74) is -1.31. The summed E-state index contributed by atoms with van der Waals surface area (Å²) in [5, 5.41) is 0. The lowest BCUT2D eigenvalue weighted by molar-refractivity contribution is -0.199. The fourth-order valence-electron chi connectivity index (χ4n) is 2.28. The Balaban J connectivity index is 0.000000184. The monoisotopic (exact) mass is 272 g/mol. The fraction of sp³-hybridized carbons (Fsp3) is 1.00. The van der Waals surface area contributed by atoms with Gasteiger partial charge in [-0.25, -0.2) is 8.78 Å². The fourth-order valence-corrected chi connectivity index (χ4v) is 2.28. The molecule has 2 aliphatic rings. The Morgan fingerprint density at radius 2 is 1.39 bits per heavy atom. The molecule has 0 aliphatic heterocycles. The van der Waals surface area contributed by atoms with Crippen molar-refractivity contribution in [3.8, 4) is 0 Å². The standard InChI is InChI=1S/C7H11F3.C6H10F2/c1-5(2)6(3-4-6)7(8,9)10;1-4(2)5-3-6(5,7)8/h5H,3-4H2,1-2H3;4-5H,3H2,1-2H3. The van der Waals surface area contributed by atoms with Crippen LogP contribution < -0.4 is 0 Å². The molecule has 0 amide bonds. The summed E-state index contributed by atoms with van der Waals surface area (Å²) >= 11 is 0. The van der Waals surface area contributed by atoms with Gasteiger partial charge >= 0.3 is 6.18 Å². The molecule has 0 nitrogen and oxygen atoms in total. The summed E-state index contributed by atoms with van der Waals surface area (Å²) in [4.78, 5) is 0. The second-order valence-corrected chi connectivity index (χ2v) is 6.12. The van der Waals surface area contributed by atoms with Crippen LogP contribution in [0.25, 0.3) is 0 Å². The highest BCUT2D eigenvalue weighted by Crippen LogP contribution is 2.62. The lowest BCUT2D eigenvalue weighted by atomic mass is 9.92. The average molecular weight is 272 g/mol. The Kier molecular flexibility index (Phi) is 4.05. The number of alkyl halides is 5. The van der Waals surface area contributed by atoms with E-state index in [2.05, 4.69) is 0 Å². The predicted octanol–water partition coefficient (Wildman–Crippen LogP) is 5.28. The van der Waals surface area contributed by atoms with Crippen molar-refractivity contribution >= 4 is 0 Å². The molecule has 5 heteroatoms. The SMILES string of the molecule is CC(C)C1(C(F)(F)F)CC1.CC(C)C1CC1(F)F. The van der Waals surface area contributed by atoms with Crippen LogP contribution >= 0.6 is 0 Å². The molecule has 0 aromatic heterocycles. The van der Waals surface area contributed by atoms with E-state index in [1.54, 1.807) is 13.8 Å². The van der Waals surface area contributed by atoms with Gasteiger partial charge in [-0.05, 0) is 24.7 Å². The Morgan fingerprint density at radius 3 is 1.39 bits per heavy atom. The molecule has 108 valence electrons. The molecule has 2 rings (SSSR count). The number of hydrogen-bond acceptors (Lipinski definition) is 0. The van der Waals surface area contributed by atoms with Crippen molar-refractivity contribution < 1.29 is 22.0 Å². The lowest BCUT2D eigenvalue weighted by Gasteiger charge is -2.22. The topological polar surface area (TPSA) is 0 Å². The minimum atomic E-state index is -3.97. The first-order chi connectivity index (χ1) is 7.94. The van der Waals surface area contributed by atoms with Crippen LogP contribution in [0, 0.1) is 23.2 Å². The van der Waals surface area contributed by atoms with E-state index in [4.69, 9.17) is 0 Å². The van der Waals surface area contributed by atoms with E-state index in [1.807, 2.05) is 13.8 Å². The Hall–Kier alpha value is -0.350. The molecule has 1 unspecified atom stereocenters. The van der Waals surface area contributed by atoms with Gasteiger partial charge in [0.25, 0.3) is 5.92 Å². The summed E-state index contributed by atoms with van der Waals surface area (Å²) in [5.74, 6) is -2.73. The minimum Gasteiger partial charge on any atom is -0.207 e. The van der Waals surface area contributed by atoms with E-state index in [0.717, 1.165) is 0 Å². The molecule has 2 aliphatic carbocycles. The molecule has 0 saturated heterocycles.